The molecule has 0 spiro atoms. The van der Waals surface area contributed by atoms with Crippen molar-refractivity contribution in [3.05, 3.63) is 24.2 Å². The normalized spacial score (nSPS) is 18.3. The van der Waals surface area contributed by atoms with Crippen molar-refractivity contribution in [1.29, 1.82) is 5.26 Å². The predicted octanol–water partition coefficient (Wildman–Crippen LogP) is 2.48. The Morgan fingerprint density at radius 1 is 1.47 bits per heavy atom. The van der Waals surface area contributed by atoms with E-state index in [1.165, 1.54) is 12.7 Å². The second-order valence-electron chi connectivity index (χ2n) is 4.46. The molecular weight excluding hydrogens is 216 g/mol. The van der Waals surface area contributed by atoms with Crippen molar-refractivity contribution in [3.8, 4) is 6.07 Å². The molecule has 1 aliphatic rings. The van der Waals surface area contributed by atoms with Crippen LogP contribution in [0.5, 0.6) is 0 Å². The van der Waals surface area contributed by atoms with E-state index in [2.05, 4.69) is 11.4 Å². The lowest BCUT2D eigenvalue weighted by atomic mass is 9.84. The van der Waals surface area contributed by atoms with Gasteiger partial charge in [-0.3, -0.25) is 4.79 Å². The summed E-state index contributed by atoms with van der Waals surface area (Å²) in [6, 6.07) is 5.06. The van der Waals surface area contributed by atoms with Crippen molar-refractivity contribution in [2.24, 2.45) is 5.92 Å². The van der Waals surface area contributed by atoms with E-state index in [1.807, 2.05) is 0 Å². The van der Waals surface area contributed by atoms with Crippen LogP contribution in [-0.2, 0) is 0 Å². The summed E-state index contributed by atoms with van der Waals surface area (Å²) in [6.45, 7) is 0. The zero-order valence-electron chi connectivity index (χ0n) is 9.69. The Morgan fingerprint density at radius 2 is 2.24 bits per heavy atom. The zero-order chi connectivity index (χ0) is 12.1. The van der Waals surface area contributed by atoms with Gasteiger partial charge in [-0.15, -0.1) is 0 Å². The highest BCUT2D eigenvalue weighted by Gasteiger charge is 2.25. The van der Waals surface area contributed by atoms with Crippen molar-refractivity contribution in [2.75, 3.05) is 0 Å². The minimum atomic E-state index is -0.395. The molecule has 2 rings (SSSR count). The van der Waals surface area contributed by atoms with Gasteiger partial charge in [0.25, 0.3) is 5.91 Å². The van der Waals surface area contributed by atoms with Gasteiger partial charge in [0.15, 0.2) is 5.76 Å². The third kappa shape index (κ3) is 2.88. The Labute approximate surface area is 101 Å². The molecule has 0 aliphatic heterocycles. The van der Waals surface area contributed by atoms with Gasteiger partial charge in [-0.2, -0.15) is 5.26 Å². The van der Waals surface area contributed by atoms with E-state index in [0.29, 0.717) is 0 Å². The minimum absolute atomic E-state index is 0.265. The molecule has 17 heavy (non-hydrogen) atoms. The van der Waals surface area contributed by atoms with Gasteiger partial charge >= 0.3 is 0 Å². The first-order chi connectivity index (χ1) is 8.31. The summed E-state index contributed by atoms with van der Waals surface area (Å²) >= 11 is 0. The first-order valence-electron chi connectivity index (χ1n) is 6.05. The van der Waals surface area contributed by atoms with Gasteiger partial charge in [0.05, 0.1) is 12.3 Å². The van der Waals surface area contributed by atoms with Crippen molar-refractivity contribution in [3.63, 3.8) is 0 Å². The number of furan rings is 1. The molecule has 1 amide bonds. The summed E-state index contributed by atoms with van der Waals surface area (Å²) in [7, 11) is 0. The third-order valence-corrected chi connectivity index (χ3v) is 3.29. The lowest BCUT2D eigenvalue weighted by Gasteiger charge is -2.25. The van der Waals surface area contributed by atoms with Crippen molar-refractivity contribution < 1.29 is 9.21 Å². The fourth-order valence-corrected chi connectivity index (χ4v) is 2.34. The Hall–Kier alpha value is -1.76. The highest BCUT2D eigenvalue weighted by molar-refractivity contribution is 5.91. The lowest BCUT2D eigenvalue weighted by Crippen LogP contribution is -2.39. The quantitative estimate of drug-likeness (QED) is 0.870. The topological polar surface area (TPSA) is 66.0 Å². The van der Waals surface area contributed by atoms with Crippen LogP contribution < -0.4 is 5.32 Å². The summed E-state index contributed by atoms with van der Waals surface area (Å²) in [4.78, 5) is 11.8. The highest BCUT2D eigenvalue weighted by Crippen LogP contribution is 2.26. The van der Waals surface area contributed by atoms with Gasteiger partial charge in [-0.1, -0.05) is 19.3 Å². The minimum Gasteiger partial charge on any atom is -0.459 e. The SMILES string of the molecule is N#CC(NC(=O)c1ccco1)C1CCCCC1. The largest absolute Gasteiger partial charge is 0.459 e. The van der Waals surface area contributed by atoms with Gasteiger partial charge in [0.2, 0.25) is 0 Å². The second-order valence-corrected chi connectivity index (χ2v) is 4.46. The van der Waals surface area contributed by atoms with Crippen molar-refractivity contribution >= 4 is 5.91 Å². The number of amides is 1. The number of nitrogens with one attached hydrogen (secondary N) is 1. The number of nitrogens with zero attached hydrogens (tertiary/aromatic N) is 1. The fourth-order valence-electron chi connectivity index (χ4n) is 2.34. The summed E-state index contributed by atoms with van der Waals surface area (Å²) in [6.07, 6.45) is 7.05. The summed E-state index contributed by atoms with van der Waals surface area (Å²) in [5.41, 5.74) is 0. The number of carbonyl (C=O) groups excluding carboxylic acids is 1. The average molecular weight is 232 g/mol. The van der Waals surface area contributed by atoms with E-state index >= 15 is 0 Å². The number of nitriles is 1. The second kappa shape index (κ2) is 5.53. The first kappa shape index (κ1) is 11.7. The monoisotopic (exact) mass is 232 g/mol. The van der Waals surface area contributed by atoms with Crippen LogP contribution in [0, 0.1) is 17.2 Å². The number of hydrogen-bond acceptors (Lipinski definition) is 3. The van der Waals surface area contributed by atoms with Crippen molar-refractivity contribution in [1.82, 2.24) is 5.32 Å². The van der Waals surface area contributed by atoms with Crippen LogP contribution in [0.25, 0.3) is 0 Å². The van der Waals surface area contributed by atoms with Crippen LogP contribution in [-0.4, -0.2) is 11.9 Å². The van der Waals surface area contributed by atoms with Gasteiger partial charge < -0.3 is 9.73 Å². The number of hydrogen-bond donors (Lipinski definition) is 1. The van der Waals surface area contributed by atoms with E-state index in [9.17, 15) is 4.79 Å². The Kier molecular flexibility index (Phi) is 3.81. The van der Waals surface area contributed by atoms with Crippen LogP contribution in [0.4, 0.5) is 0 Å². The van der Waals surface area contributed by atoms with E-state index in [1.54, 1.807) is 12.1 Å². The summed E-state index contributed by atoms with van der Waals surface area (Å²) in [5.74, 6) is 0.251. The first-order valence-corrected chi connectivity index (χ1v) is 6.05. The molecule has 1 aromatic rings. The molecule has 0 aromatic carbocycles. The molecule has 1 heterocycles. The maximum atomic E-state index is 11.8. The molecule has 0 bridgehead atoms. The Balaban J connectivity index is 1.95. The molecule has 1 saturated carbocycles. The smallest absolute Gasteiger partial charge is 0.288 e. The molecule has 90 valence electrons. The third-order valence-electron chi connectivity index (χ3n) is 3.29. The summed E-state index contributed by atoms with van der Waals surface area (Å²) < 4.78 is 5.01. The zero-order valence-corrected chi connectivity index (χ0v) is 9.69. The average Bonchev–Trinajstić information content (AvgIpc) is 2.90. The highest BCUT2D eigenvalue weighted by atomic mass is 16.3. The maximum absolute atomic E-state index is 11.8. The maximum Gasteiger partial charge on any atom is 0.288 e. The number of rotatable bonds is 3. The molecule has 0 saturated heterocycles. The molecule has 1 N–H and O–H groups in total. The molecule has 1 atom stereocenters. The Bertz CT molecular complexity index is 400. The van der Waals surface area contributed by atoms with Crippen LogP contribution in [0.15, 0.2) is 22.8 Å². The fraction of sp³-hybridized carbons (Fsp3) is 0.538. The van der Waals surface area contributed by atoms with E-state index < -0.39 is 6.04 Å². The number of carbonyl (C=O) groups is 1. The molecule has 1 fully saturated rings. The van der Waals surface area contributed by atoms with Crippen molar-refractivity contribution in [2.45, 2.75) is 38.1 Å². The van der Waals surface area contributed by atoms with Crippen LogP contribution in [0.1, 0.15) is 42.7 Å². The molecule has 4 nitrogen and oxygen atoms in total. The van der Waals surface area contributed by atoms with Gasteiger partial charge in [-0.05, 0) is 30.9 Å². The van der Waals surface area contributed by atoms with Crippen LogP contribution in [0.3, 0.4) is 0 Å². The van der Waals surface area contributed by atoms with Crippen LogP contribution in [0.2, 0.25) is 0 Å². The molecule has 0 radical (unpaired) electrons. The van der Waals surface area contributed by atoms with Gasteiger partial charge in [-0.25, -0.2) is 0 Å². The van der Waals surface area contributed by atoms with E-state index in [0.717, 1.165) is 25.7 Å². The van der Waals surface area contributed by atoms with E-state index in [4.69, 9.17) is 9.68 Å². The lowest BCUT2D eigenvalue weighted by molar-refractivity contribution is 0.0901. The van der Waals surface area contributed by atoms with Gasteiger partial charge in [0.1, 0.15) is 6.04 Å². The molecule has 4 heteroatoms. The van der Waals surface area contributed by atoms with E-state index in [-0.39, 0.29) is 17.6 Å². The molecule has 1 aromatic heterocycles. The Morgan fingerprint density at radius 3 is 2.82 bits per heavy atom. The summed E-state index contributed by atoms with van der Waals surface area (Å²) in [5, 5.41) is 11.9. The molecule has 1 unspecified atom stereocenters. The molecular formula is C13H16N2O2. The van der Waals surface area contributed by atoms with Crippen LogP contribution >= 0.6 is 0 Å². The van der Waals surface area contributed by atoms with Gasteiger partial charge in [0, 0.05) is 0 Å². The molecule has 1 aliphatic carbocycles. The standard InChI is InChI=1S/C13H16N2O2/c14-9-11(10-5-2-1-3-6-10)15-13(16)12-7-4-8-17-12/h4,7-8,10-11H,1-3,5-6H2,(H,15,16). The predicted molar refractivity (Wildman–Crippen MR) is 62.2 cm³/mol.